The molecule has 0 aromatic carbocycles. The minimum atomic E-state index is -0.495. The van der Waals surface area contributed by atoms with Gasteiger partial charge in [0.25, 0.3) is 5.91 Å². The topological polar surface area (TPSA) is 67.2 Å². The first kappa shape index (κ1) is 12.1. The van der Waals surface area contributed by atoms with E-state index in [0.717, 1.165) is 19.4 Å². The van der Waals surface area contributed by atoms with E-state index in [2.05, 4.69) is 10.4 Å². The number of hydrogen-bond acceptors (Lipinski definition) is 3. The lowest BCUT2D eigenvalue weighted by Crippen LogP contribution is -2.50. The number of rotatable bonds is 5. The molecule has 1 unspecified atom stereocenters. The predicted molar refractivity (Wildman–Crippen MR) is 63.6 cm³/mol. The van der Waals surface area contributed by atoms with Crippen LogP contribution in [0.25, 0.3) is 0 Å². The van der Waals surface area contributed by atoms with Crippen LogP contribution in [0.1, 0.15) is 37.0 Å². The normalized spacial score (nSPS) is 18.8. The number of carbonyl (C=O) groups is 1. The summed E-state index contributed by atoms with van der Waals surface area (Å²) in [7, 11) is 0. The number of nitrogens with zero attached hydrogens (tertiary/aromatic N) is 2. The van der Waals surface area contributed by atoms with E-state index in [-0.39, 0.29) is 12.5 Å². The molecule has 0 radical (unpaired) electrons. The Morgan fingerprint density at radius 3 is 2.88 bits per heavy atom. The third-order valence-electron chi connectivity index (χ3n) is 3.43. The molecule has 1 fully saturated rings. The highest BCUT2D eigenvalue weighted by Crippen LogP contribution is 2.39. The van der Waals surface area contributed by atoms with Gasteiger partial charge in [0.1, 0.15) is 0 Å². The Balaban J connectivity index is 2.05. The molecule has 5 nitrogen and oxygen atoms in total. The highest BCUT2D eigenvalue weighted by atomic mass is 16.3. The molecule has 1 atom stereocenters. The molecule has 0 aliphatic heterocycles. The zero-order valence-corrected chi connectivity index (χ0v) is 10.3. The van der Waals surface area contributed by atoms with Crippen molar-refractivity contribution in [2.45, 2.75) is 38.8 Å². The fourth-order valence-electron chi connectivity index (χ4n) is 1.98. The average Bonchev–Trinajstić information content (AvgIpc) is 3.07. The lowest BCUT2D eigenvalue weighted by Gasteiger charge is -2.28. The second kappa shape index (κ2) is 4.49. The van der Waals surface area contributed by atoms with Gasteiger partial charge in [-0.05, 0) is 32.6 Å². The average molecular weight is 237 g/mol. The molecule has 1 heterocycles. The Hall–Kier alpha value is -1.36. The first-order chi connectivity index (χ1) is 8.09. The van der Waals surface area contributed by atoms with Gasteiger partial charge in [0, 0.05) is 12.7 Å². The van der Waals surface area contributed by atoms with E-state index in [9.17, 15) is 9.90 Å². The number of aryl methyl sites for hydroxylation is 1. The van der Waals surface area contributed by atoms with Crippen molar-refractivity contribution in [3.05, 3.63) is 18.0 Å². The van der Waals surface area contributed by atoms with Crippen molar-refractivity contribution < 1.29 is 9.90 Å². The van der Waals surface area contributed by atoms with Crippen LogP contribution in [0.5, 0.6) is 0 Å². The van der Waals surface area contributed by atoms with Crippen LogP contribution in [0.3, 0.4) is 0 Å². The Labute approximate surface area is 101 Å². The summed E-state index contributed by atoms with van der Waals surface area (Å²) in [5.41, 5.74) is 0.0537. The van der Waals surface area contributed by atoms with E-state index >= 15 is 0 Å². The lowest BCUT2D eigenvalue weighted by molar-refractivity contribution is 0.0824. The minimum absolute atomic E-state index is 0.0225. The van der Waals surface area contributed by atoms with E-state index in [4.69, 9.17) is 0 Å². The summed E-state index contributed by atoms with van der Waals surface area (Å²) < 4.78 is 1.71. The van der Waals surface area contributed by atoms with Crippen molar-refractivity contribution in [1.29, 1.82) is 0 Å². The minimum Gasteiger partial charge on any atom is -0.394 e. The molecule has 2 rings (SSSR count). The maximum atomic E-state index is 12.0. The van der Waals surface area contributed by atoms with Crippen molar-refractivity contribution in [2.24, 2.45) is 5.92 Å². The van der Waals surface area contributed by atoms with Gasteiger partial charge in [-0.2, -0.15) is 5.10 Å². The molecule has 1 amide bonds. The molecule has 1 aromatic heterocycles. The molecule has 0 saturated heterocycles. The van der Waals surface area contributed by atoms with Crippen molar-refractivity contribution in [1.82, 2.24) is 15.1 Å². The predicted octanol–water partition coefficient (Wildman–Crippen LogP) is 0.794. The van der Waals surface area contributed by atoms with E-state index in [0.29, 0.717) is 11.5 Å². The molecule has 0 spiro atoms. The smallest absolute Gasteiger partial charge is 0.254 e. The maximum Gasteiger partial charge on any atom is 0.254 e. The van der Waals surface area contributed by atoms with Crippen molar-refractivity contribution in [2.75, 3.05) is 6.61 Å². The van der Waals surface area contributed by atoms with E-state index in [1.54, 1.807) is 17.1 Å². The highest BCUT2D eigenvalue weighted by molar-refractivity contribution is 5.94. The van der Waals surface area contributed by atoms with Gasteiger partial charge < -0.3 is 10.4 Å². The third-order valence-corrected chi connectivity index (χ3v) is 3.43. The van der Waals surface area contributed by atoms with Crippen LogP contribution in [0.2, 0.25) is 0 Å². The lowest BCUT2D eigenvalue weighted by atomic mass is 9.96. The van der Waals surface area contributed by atoms with Gasteiger partial charge >= 0.3 is 0 Å². The van der Waals surface area contributed by atoms with E-state index in [1.165, 1.54) is 0 Å². The number of carbonyl (C=O) groups excluding carboxylic acids is 1. The summed E-state index contributed by atoms with van der Waals surface area (Å²) in [6.07, 6.45) is 5.43. The van der Waals surface area contributed by atoms with Gasteiger partial charge in [-0.25, -0.2) is 0 Å². The van der Waals surface area contributed by atoms with E-state index < -0.39 is 5.54 Å². The summed E-state index contributed by atoms with van der Waals surface area (Å²) in [5.74, 6) is 0.242. The maximum absolute atomic E-state index is 12.0. The van der Waals surface area contributed by atoms with Crippen LogP contribution in [0.4, 0.5) is 0 Å². The van der Waals surface area contributed by atoms with Crippen molar-refractivity contribution >= 4 is 5.91 Å². The number of nitrogens with one attached hydrogen (secondary N) is 1. The largest absolute Gasteiger partial charge is 0.394 e. The molecule has 0 bridgehead atoms. The Morgan fingerprint density at radius 2 is 2.41 bits per heavy atom. The number of hydrogen-bond donors (Lipinski definition) is 2. The van der Waals surface area contributed by atoms with Gasteiger partial charge in [0.05, 0.1) is 23.9 Å². The molecule has 1 aliphatic rings. The zero-order valence-electron chi connectivity index (χ0n) is 10.3. The summed E-state index contributed by atoms with van der Waals surface area (Å²) in [6, 6.07) is 0. The van der Waals surface area contributed by atoms with E-state index in [1.807, 2.05) is 13.8 Å². The van der Waals surface area contributed by atoms with Crippen LogP contribution in [-0.2, 0) is 6.54 Å². The summed E-state index contributed by atoms with van der Waals surface area (Å²) >= 11 is 0. The molecule has 17 heavy (non-hydrogen) atoms. The highest BCUT2D eigenvalue weighted by Gasteiger charge is 2.42. The second-order valence-corrected chi connectivity index (χ2v) is 4.89. The number of aliphatic hydroxyl groups excluding tert-OH is 1. The van der Waals surface area contributed by atoms with Crippen LogP contribution in [0.15, 0.2) is 12.4 Å². The Kier molecular flexibility index (Phi) is 3.19. The first-order valence-electron chi connectivity index (χ1n) is 6.05. The first-order valence-corrected chi connectivity index (χ1v) is 6.05. The number of aromatic nitrogens is 2. The standard InChI is InChI=1S/C12H19N3O2/c1-3-15-7-9(6-13-15)11(17)14-12(2,8-16)10-4-5-10/h6-7,10,16H,3-5,8H2,1-2H3,(H,14,17). The van der Waals surface area contributed by atoms with Crippen LogP contribution in [-0.4, -0.2) is 32.9 Å². The quantitative estimate of drug-likeness (QED) is 0.795. The van der Waals surface area contributed by atoms with Gasteiger partial charge in [-0.15, -0.1) is 0 Å². The third kappa shape index (κ3) is 2.49. The number of aliphatic hydroxyl groups is 1. The van der Waals surface area contributed by atoms with Gasteiger partial charge in [-0.1, -0.05) is 0 Å². The molecule has 1 aliphatic carbocycles. The zero-order chi connectivity index (χ0) is 12.5. The fraction of sp³-hybridized carbons (Fsp3) is 0.667. The molecule has 1 aromatic rings. The number of amides is 1. The van der Waals surface area contributed by atoms with Crippen molar-refractivity contribution in [3.63, 3.8) is 0 Å². The molecule has 5 heteroatoms. The second-order valence-electron chi connectivity index (χ2n) is 4.89. The fourth-order valence-corrected chi connectivity index (χ4v) is 1.98. The van der Waals surface area contributed by atoms with Crippen molar-refractivity contribution in [3.8, 4) is 0 Å². The SMILES string of the molecule is CCn1cc(C(=O)NC(C)(CO)C2CC2)cn1. The summed E-state index contributed by atoms with van der Waals surface area (Å²) in [4.78, 5) is 12.0. The van der Waals surface area contributed by atoms with Crippen LogP contribution < -0.4 is 5.32 Å². The molecular weight excluding hydrogens is 218 g/mol. The van der Waals surface area contributed by atoms with Gasteiger partial charge in [-0.3, -0.25) is 9.48 Å². The van der Waals surface area contributed by atoms with Crippen LogP contribution >= 0.6 is 0 Å². The molecule has 94 valence electrons. The van der Waals surface area contributed by atoms with Gasteiger partial charge in [0.15, 0.2) is 0 Å². The Bertz CT molecular complexity index is 412. The molecule has 2 N–H and O–H groups in total. The molecule has 1 saturated carbocycles. The van der Waals surface area contributed by atoms with Gasteiger partial charge in [0.2, 0.25) is 0 Å². The summed E-state index contributed by atoms with van der Waals surface area (Å²) in [5, 5.41) is 16.4. The molecular formula is C12H19N3O2. The van der Waals surface area contributed by atoms with Crippen LogP contribution in [0, 0.1) is 5.92 Å². The monoisotopic (exact) mass is 237 g/mol. The summed E-state index contributed by atoms with van der Waals surface area (Å²) in [6.45, 7) is 4.59. The Morgan fingerprint density at radius 1 is 1.71 bits per heavy atom.